The molecule has 0 atom stereocenters. The van der Waals surface area contributed by atoms with E-state index in [1.165, 1.54) is 0 Å². The average molecular weight is 1280 g/mol. The Hall–Kier alpha value is 5.96. The van der Waals surface area contributed by atoms with Crippen LogP contribution in [-0.2, 0) is 54.5 Å². The van der Waals surface area contributed by atoms with Crippen LogP contribution in [0.3, 0.4) is 0 Å². The minimum Gasteiger partial charge on any atom is -0.790 e. The largest absolute Gasteiger partial charge is 3.00 e. The SMILES string of the molecule is O=P([O-])([O-])O[C@H]1[C@H](OP(=O)([O-])[O-])[C@@H](OP(=O)([O-])[O-])[C@H](OP(=O)([O-])[O-])[C@@H](OP(=O)([O-])[O-])[C@H]1OP(=O)([O-])[O-].[Gd+3].[Gd+3].[Gd+3].[Gd+3]. The fraction of sp³-hybridized carbons (Fsp3) is 1.00. The van der Waals surface area contributed by atoms with Gasteiger partial charge < -0.3 is 113 Å². The molecule has 0 aromatic heterocycles. The molecule has 0 heterocycles. The zero-order valence-corrected chi connectivity index (χ0v) is 31.8. The summed E-state index contributed by atoms with van der Waals surface area (Å²) in [6.45, 7) is 0. The first-order valence-electron chi connectivity index (χ1n) is 7.80. The van der Waals surface area contributed by atoms with Crippen molar-refractivity contribution in [3.05, 3.63) is 0 Å². The standard InChI is InChI=1S/C6H18O24P6.4Gd/c7-31(8,9)25-1-2(26-32(10,11)12)4(28-34(16,17)18)6(30-36(22,23)24)5(29-35(19,20)21)3(1)27-33(13,14)15;;;;/h1-6H,(H2,7,8,9)(H2,10,11,12)(H2,13,14,15)(H2,16,17,18)(H2,19,20,21)(H2,22,23,24);;;;/q;4*+3/p-12/t1-,2-,3-,4+,5-,6-;;;;. The van der Waals surface area contributed by atoms with Gasteiger partial charge in [0.2, 0.25) is 0 Å². The molecule has 1 aliphatic carbocycles. The second-order valence-corrected chi connectivity index (χ2v) is 12.7. The summed E-state index contributed by atoms with van der Waals surface area (Å²) in [4.78, 5) is 133. The average Bonchev–Trinajstić information content (AvgIpc) is 2.51. The van der Waals surface area contributed by atoms with Crippen molar-refractivity contribution in [3.8, 4) is 0 Å². The van der Waals surface area contributed by atoms with Gasteiger partial charge >= 0.3 is 160 Å². The van der Waals surface area contributed by atoms with Crippen LogP contribution in [0.25, 0.3) is 0 Å². The van der Waals surface area contributed by atoms with Crippen molar-refractivity contribution in [2.75, 3.05) is 0 Å². The molecule has 0 N–H and O–H groups in total. The minimum absolute atomic E-state index is 0. The molecule has 1 saturated carbocycles. The van der Waals surface area contributed by atoms with Crippen LogP contribution in [0.15, 0.2) is 0 Å². The Bertz CT molecular complexity index is 837. The van der Waals surface area contributed by atoms with Crippen LogP contribution in [0.5, 0.6) is 0 Å². The molecule has 34 heteroatoms. The maximum atomic E-state index is 11.1. The summed E-state index contributed by atoms with van der Waals surface area (Å²) in [5, 5.41) is 0. The van der Waals surface area contributed by atoms with Crippen LogP contribution < -0.4 is 58.7 Å². The molecule has 1 fully saturated rings. The van der Waals surface area contributed by atoms with Gasteiger partial charge in [-0.05, 0) is 0 Å². The van der Waals surface area contributed by atoms with E-state index in [2.05, 4.69) is 27.1 Å². The molecular formula is C6H6Gd4O24P6. The normalized spacial score (nSPS) is 26.4. The second-order valence-electron chi connectivity index (χ2n) is 6.10. The van der Waals surface area contributed by atoms with E-state index >= 15 is 0 Å². The van der Waals surface area contributed by atoms with Gasteiger partial charge in [-0.25, -0.2) is 0 Å². The molecule has 0 aromatic rings. The first-order chi connectivity index (χ1) is 15.6. The number of hydrogen-bond donors (Lipinski definition) is 0. The predicted molar refractivity (Wildman–Crippen MR) is 74.9 cm³/mol. The fourth-order valence-corrected chi connectivity index (χ4v) is 5.96. The second kappa shape index (κ2) is 20.0. The molecule has 0 saturated heterocycles. The smallest absolute Gasteiger partial charge is 0.790 e. The molecule has 4 radical (unpaired) electrons. The molecule has 0 aliphatic heterocycles. The number of hydrogen-bond acceptors (Lipinski definition) is 24. The third kappa shape index (κ3) is 22.6. The van der Waals surface area contributed by atoms with Crippen molar-refractivity contribution in [2.45, 2.75) is 36.6 Å². The maximum Gasteiger partial charge on any atom is 3.00 e. The van der Waals surface area contributed by atoms with E-state index in [4.69, 9.17) is 0 Å². The summed E-state index contributed by atoms with van der Waals surface area (Å²) in [5.41, 5.74) is 0. The van der Waals surface area contributed by atoms with Crippen molar-refractivity contribution >= 4 is 46.9 Å². The molecule has 0 bridgehead atoms. The molecular weight excluding hydrogens is 1270 g/mol. The van der Waals surface area contributed by atoms with Gasteiger partial charge in [0.05, 0.1) is 46.9 Å². The first kappa shape index (κ1) is 52.8. The van der Waals surface area contributed by atoms with Crippen LogP contribution in [0, 0.1) is 160 Å². The molecule has 0 unspecified atom stereocenters. The summed E-state index contributed by atoms with van der Waals surface area (Å²) in [5.74, 6) is 0. The van der Waals surface area contributed by atoms with Gasteiger partial charge in [0, 0.05) is 0 Å². The Morgan fingerprint density at radius 1 is 0.275 bits per heavy atom. The quantitative estimate of drug-likeness (QED) is 0.164. The van der Waals surface area contributed by atoms with Gasteiger partial charge in [0.1, 0.15) is 36.6 Å². The van der Waals surface area contributed by atoms with Crippen LogP contribution in [0.1, 0.15) is 0 Å². The van der Waals surface area contributed by atoms with Crippen LogP contribution in [0.2, 0.25) is 0 Å². The van der Waals surface area contributed by atoms with E-state index in [0.29, 0.717) is 0 Å². The number of phosphoric acid groups is 6. The Kier molecular flexibility index (Phi) is 26.3. The zero-order chi connectivity index (χ0) is 28.7. The van der Waals surface area contributed by atoms with E-state index in [9.17, 15) is 86.1 Å². The zero-order valence-electron chi connectivity index (χ0n) is 17.4. The Morgan fingerprint density at radius 3 is 0.400 bits per heavy atom. The van der Waals surface area contributed by atoms with Gasteiger partial charge in [0.25, 0.3) is 0 Å². The van der Waals surface area contributed by atoms with Crippen molar-refractivity contribution in [2.24, 2.45) is 0 Å². The van der Waals surface area contributed by atoms with Crippen LogP contribution >= 0.6 is 46.9 Å². The summed E-state index contributed by atoms with van der Waals surface area (Å²) >= 11 is 0. The molecule has 1 rings (SSSR count). The van der Waals surface area contributed by atoms with Gasteiger partial charge in [-0.3, -0.25) is 0 Å². The summed E-state index contributed by atoms with van der Waals surface area (Å²) in [7, 11) is -40.1. The molecule has 0 spiro atoms. The Labute approximate surface area is 350 Å². The molecule has 24 nitrogen and oxygen atoms in total. The van der Waals surface area contributed by atoms with Crippen LogP contribution in [-0.4, -0.2) is 36.6 Å². The van der Waals surface area contributed by atoms with Crippen molar-refractivity contribution < 1.29 is 273 Å². The van der Waals surface area contributed by atoms with E-state index < -0.39 is 83.6 Å². The van der Waals surface area contributed by atoms with E-state index in [-0.39, 0.29) is 160 Å². The monoisotopic (exact) mass is 1280 g/mol. The van der Waals surface area contributed by atoms with Gasteiger partial charge in [0.15, 0.2) is 0 Å². The Morgan fingerprint density at radius 2 is 0.350 bits per heavy atom. The number of phosphoric ester groups is 6. The van der Waals surface area contributed by atoms with Crippen molar-refractivity contribution in [1.82, 2.24) is 0 Å². The first-order valence-corrected chi connectivity index (χ1v) is 16.6. The third-order valence-corrected chi connectivity index (χ3v) is 6.46. The number of rotatable bonds is 12. The van der Waals surface area contributed by atoms with Gasteiger partial charge in [-0.15, -0.1) is 0 Å². The van der Waals surface area contributed by atoms with Crippen LogP contribution in [0.4, 0.5) is 0 Å². The summed E-state index contributed by atoms with van der Waals surface area (Å²) < 4.78 is 88.3. The fourth-order valence-electron chi connectivity index (χ4n) is 2.74. The van der Waals surface area contributed by atoms with Gasteiger partial charge in [-0.1, -0.05) is 0 Å². The minimum atomic E-state index is -6.68. The topological polar surface area (TPSA) is 435 Å². The third-order valence-electron chi connectivity index (χ3n) is 3.45. The van der Waals surface area contributed by atoms with E-state index in [1.54, 1.807) is 0 Å². The summed E-state index contributed by atoms with van der Waals surface area (Å²) in [6, 6.07) is 0. The molecule has 0 amide bonds. The van der Waals surface area contributed by atoms with Gasteiger partial charge in [-0.2, -0.15) is 0 Å². The maximum absolute atomic E-state index is 11.1. The van der Waals surface area contributed by atoms with Crippen molar-refractivity contribution in [3.63, 3.8) is 0 Å². The molecule has 236 valence electrons. The van der Waals surface area contributed by atoms with E-state index in [0.717, 1.165) is 0 Å². The van der Waals surface area contributed by atoms with E-state index in [1.807, 2.05) is 0 Å². The molecule has 0 aromatic carbocycles. The van der Waals surface area contributed by atoms with Crippen molar-refractivity contribution in [1.29, 1.82) is 0 Å². The Balaban J connectivity index is -0.00000162. The predicted octanol–water partition coefficient (Wildman–Crippen LogP) is -10.7. The molecule has 40 heavy (non-hydrogen) atoms. The molecule has 1 aliphatic rings. The summed E-state index contributed by atoms with van der Waals surface area (Å²) in [6.07, 6.45) is -21.5.